The second-order valence-electron chi connectivity index (χ2n) is 3.35. The SMILES string of the molecule is CN(C)C(=O)c1cc(S(=O)(=O)O)ccc1O. The van der Waals surface area contributed by atoms with Crippen LogP contribution in [0.25, 0.3) is 0 Å². The lowest BCUT2D eigenvalue weighted by Gasteiger charge is -2.11. The van der Waals surface area contributed by atoms with E-state index in [1.165, 1.54) is 19.0 Å². The van der Waals surface area contributed by atoms with Gasteiger partial charge in [-0.1, -0.05) is 0 Å². The summed E-state index contributed by atoms with van der Waals surface area (Å²) in [5.41, 5.74) is -0.180. The summed E-state index contributed by atoms with van der Waals surface area (Å²) in [5.74, 6) is -0.894. The Morgan fingerprint density at radius 2 is 1.88 bits per heavy atom. The van der Waals surface area contributed by atoms with Gasteiger partial charge in [0.25, 0.3) is 16.0 Å². The Morgan fingerprint density at radius 1 is 1.31 bits per heavy atom. The van der Waals surface area contributed by atoms with Crippen molar-refractivity contribution < 1.29 is 22.9 Å². The second kappa shape index (κ2) is 4.11. The van der Waals surface area contributed by atoms with Gasteiger partial charge in [-0.25, -0.2) is 0 Å². The van der Waals surface area contributed by atoms with Crippen LogP contribution >= 0.6 is 0 Å². The maximum Gasteiger partial charge on any atom is 0.294 e. The van der Waals surface area contributed by atoms with Crippen molar-refractivity contribution in [1.82, 2.24) is 4.90 Å². The van der Waals surface area contributed by atoms with Gasteiger partial charge in [0.15, 0.2) is 0 Å². The Labute approximate surface area is 92.9 Å². The summed E-state index contributed by atoms with van der Waals surface area (Å²) in [6, 6.07) is 2.98. The van der Waals surface area contributed by atoms with Gasteiger partial charge in [0, 0.05) is 14.1 Å². The van der Waals surface area contributed by atoms with Gasteiger partial charge < -0.3 is 10.0 Å². The molecule has 0 aromatic heterocycles. The first kappa shape index (κ1) is 12.5. The van der Waals surface area contributed by atoms with Crippen LogP contribution in [-0.2, 0) is 10.1 Å². The van der Waals surface area contributed by atoms with E-state index < -0.39 is 20.9 Å². The van der Waals surface area contributed by atoms with Gasteiger partial charge >= 0.3 is 0 Å². The van der Waals surface area contributed by atoms with E-state index in [1.807, 2.05) is 0 Å². The molecule has 1 amide bonds. The number of rotatable bonds is 2. The van der Waals surface area contributed by atoms with Gasteiger partial charge in [-0.3, -0.25) is 9.35 Å². The van der Waals surface area contributed by atoms with Crippen molar-refractivity contribution in [1.29, 1.82) is 0 Å². The van der Waals surface area contributed by atoms with E-state index in [1.54, 1.807) is 0 Å². The Morgan fingerprint density at radius 3 is 2.31 bits per heavy atom. The quantitative estimate of drug-likeness (QED) is 0.733. The predicted octanol–water partition coefficient (Wildman–Crippen LogP) is 0.341. The highest BCUT2D eigenvalue weighted by Gasteiger charge is 2.18. The van der Waals surface area contributed by atoms with Gasteiger partial charge in [-0.15, -0.1) is 0 Å². The zero-order valence-corrected chi connectivity index (χ0v) is 9.52. The average Bonchev–Trinajstić information content (AvgIpc) is 2.15. The van der Waals surface area contributed by atoms with Crippen LogP contribution < -0.4 is 0 Å². The lowest BCUT2D eigenvalue weighted by molar-refractivity contribution is 0.0824. The fourth-order valence-electron chi connectivity index (χ4n) is 1.09. The molecule has 88 valence electrons. The number of amides is 1. The molecular weight excluding hydrogens is 234 g/mol. The van der Waals surface area contributed by atoms with Crippen molar-refractivity contribution in [2.45, 2.75) is 4.90 Å². The van der Waals surface area contributed by atoms with E-state index in [9.17, 15) is 18.3 Å². The number of hydrogen-bond donors (Lipinski definition) is 2. The number of nitrogens with zero attached hydrogens (tertiary/aromatic N) is 1. The summed E-state index contributed by atoms with van der Waals surface area (Å²) in [6.45, 7) is 0. The number of phenolic OH excluding ortho intramolecular Hbond substituents is 1. The lowest BCUT2D eigenvalue weighted by atomic mass is 10.2. The van der Waals surface area contributed by atoms with E-state index in [-0.39, 0.29) is 11.3 Å². The minimum Gasteiger partial charge on any atom is -0.507 e. The molecule has 0 aliphatic carbocycles. The highest BCUT2D eigenvalue weighted by molar-refractivity contribution is 7.85. The molecule has 1 rings (SSSR count). The molecule has 0 spiro atoms. The Balaban J connectivity index is 3.36. The summed E-state index contributed by atoms with van der Waals surface area (Å²) >= 11 is 0. The summed E-state index contributed by atoms with van der Waals surface area (Å²) in [7, 11) is -1.46. The van der Waals surface area contributed by atoms with Gasteiger partial charge in [0.1, 0.15) is 5.75 Å². The maximum absolute atomic E-state index is 11.5. The molecule has 1 aromatic rings. The van der Waals surface area contributed by atoms with E-state index in [2.05, 4.69) is 0 Å². The molecule has 0 atom stereocenters. The number of aromatic hydroxyl groups is 1. The van der Waals surface area contributed by atoms with Crippen LogP contribution in [0.4, 0.5) is 0 Å². The van der Waals surface area contributed by atoms with Crippen LogP contribution in [0, 0.1) is 0 Å². The molecule has 0 fully saturated rings. The number of benzene rings is 1. The second-order valence-corrected chi connectivity index (χ2v) is 4.78. The van der Waals surface area contributed by atoms with Crippen LogP contribution in [0.1, 0.15) is 10.4 Å². The van der Waals surface area contributed by atoms with Crippen molar-refractivity contribution in [2.75, 3.05) is 14.1 Å². The molecule has 0 aliphatic rings. The standard InChI is InChI=1S/C9H11NO5S/c1-10(2)9(12)7-5-6(16(13,14)15)3-4-8(7)11/h3-5,11H,1-2H3,(H,13,14,15). The van der Waals surface area contributed by atoms with E-state index >= 15 is 0 Å². The molecule has 0 radical (unpaired) electrons. The molecule has 0 unspecified atom stereocenters. The molecule has 0 heterocycles. The van der Waals surface area contributed by atoms with Crippen LogP contribution in [0.15, 0.2) is 23.1 Å². The first-order chi connectivity index (χ1) is 7.23. The van der Waals surface area contributed by atoms with Gasteiger partial charge in [0.2, 0.25) is 0 Å². The van der Waals surface area contributed by atoms with Crippen LogP contribution in [0.5, 0.6) is 5.75 Å². The number of phenols is 1. The monoisotopic (exact) mass is 245 g/mol. The number of hydrogen-bond acceptors (Lipinski definition) is 4. The number of carbonyl (C=O) groups is 1. The topological polar surface area (TPSA) is 94.9 Å². The highest BCUT2D eigenvalue weighted by atomic mass is 32.2. The Bertz CT molecular complexity index is 521. The number of carbonyl (C=O) groups excluding carboxylic acids is 1. The molecule has 7 heteroatoms. The summed E-state index contributed by atoms with van der Waals surface area (Å²) in [4.78, 5) is 12.3. The molecule has 0 saturated heterocycles. The van der Waals surface area contributed by atoms with Gasteiger partial charge in [0.05, 0.1) is 10.5 Å². The van der Waals surface area contributed by atoms with Crippen molar-refractivity contribution in [3.63, 3.8) is 0 Å². The summed E-state index contributed by atoms with van der Waals surface area (Å²) < 4.78 is 30.5. The average molecular weight is 245 g/mol. The van der Waals surface area contributed by atoms with Crippen molar-refractivity contribution in [2.24, 2.45) is 0 Å². The van der Waals surface area contributed by atoms with Crippen LogP contribution in [0.3, 0.4) is 0 Å². The summed E-state index contributed by atoms with van der Waals surface area (Å²) in [5, 5.41) is 9.40. The largest absolute Gasteiger partial charge is 0.507 e. The minimum absolute atomic E-state index is 0.180. The zero-order valence-electron chi connectivity index (χ0n) is 8.71. The molecule has 0 aliphatic heterocycles. The maximum atomic E-state index is 11.5. The minimum atomic E-state index is -4.38. The van der Waals surface area contributed by atoms with Crippen LogP contribution in [-0.4, -0.2) is 43.0 Å². The molecular formula is C9H11NO5S. The third-order valence-corrected chi connectivity index (χ3v) is 2.75. The van der Waals surface area contributed by atoms with Crippen LogP contribution in [0.2, 0.25) is 0 Å². The van der Waals surface area contributed by atoms with Crippen molar-refractivity contribution >= 4 is 16.0 Å². The third-order valence-electron chi connectivity index (χ3n) is 1.90. The molecule has 6 nitrogen and oxygen atoms in total. The normalized spacial score (nSPS) is 11.2. The molecule has 0 bridgehead atoms. The predicted molar refractivity (Wildman–Crippen MR) is 55.9 cm³/mol. The first-order valence-electron chi connectivity index (χ1n) is 4.25. The summed E-state index contributed by atoms with van der Waals surface area (Å²) in [6.07, 6.45) is 0. The molecule has 0 saturated carbocycles. The Hall–Kier alpha value is -1.60. The van der Waals surface area contributed by atoms with Crippen molar-refractivity contribution in [3.8, 4) is 5.75 Å². The van der Waals surface area contributed by atoms with E-state index in [4.69, 9.17) is 4.55 Å². The first-order valence-corrected chi connectivity index (χ1v) is 5.69. The Kier molecular flexibility index (Phi) is 3.20. The van der Waals surface area contributed by atoms with Gasteiger partial charge in [-0.2, -0.15) is 8.42 Å². The molecule has 1 aromatic carbocycles. The lowest BCUT2D eigenvalue weighted by Crippen LogP contribution is -2.22. The third kappa shape index (κ3) is 2.50. The molecule has 16 heavy (non-hydrogen) atoms. The fourth-order valence-corrected chi connectivity index (χ4v) is 1.59. The zero-order chi connectivity index (χ0) is 12.5. The smallest absolute Gasteiger partial charge is 0.294 e. The fraction of sp³-hybridized carbons (Fsp3) is 0.222. The highest BCUT2D eigenvalue weighted by Crippen LogP contribution is 2.22. The molecule has 2 N–H and O–H groups in total. The van der Waals surface area contributed by atoms with Gasteiger partial charge in [-0.05, 0) is 18.2 Å². The van der Waals surface area contributed by atoms with E-state index in [0.717, 1.165) is 18.2 Å². The van der Waals surface area contributed by atoms with E-state index in [0.29, 0.717) is 0 Å². The van der Waals surface area contributed by atoms with Crippen molar-refractivity contribution in [3.05, 3.63) is 23.8 Å².